The largest absolute Gasteiger partial charge is 0.347 e. The Kier molecular flexibility index (Phi) is 7.01. The van der Waals surface area contributed by atoms with Crippen molar-refractivity contribution in [3.05, 3.63) is 65.7 Å². The van der Waals surface area contributed by atoms with Crippen LogP contribution in [0.5, 0.6) is 0 Å². The fraction of sp³-hybridized carbons (Fsp3) is 0.500. The van der Waals surface area contributed by atoms with Crippen LogP contribution in [0.25, 0.3) is 0 Å². The Morgan fingerprint density at radius 3 is 2.24 bits per heavy atom. The normalized spacial score (nSPS) is 25.3. The van der Waals surface area contributed by atoms with Gasteiger partial charge in [-0.3, -0.25) is 19.6 Å². The van der Waals surface area contributed by atoms with Gasteiger partial charge in [-0.25, -0.2) is 0 Å². The number of nitrogens with zero attached hydrogens (tertiary/aromatic N) is 4. The number of aliphatic imine (C=N–C) groups is 1. The molecule has 2 atom stereocenters. The zero-order chi connectivity index (χ0) is 23.6. The third kappa shape index (κ3) is 4.62. The van der Waals surface area contributed by atoms with Crippen LogP contribution < -0.4 is 0 Å². The van der Waals surface area contributed by atoms with Gasteiger partial charge in [0, 0.05) is 37.8 Å². The molecule has 2 unspecified atom stereocenters. The second-order valence-corrected chi connectivity index (χ2v) is 10.1. The lowest BCUT2D eigenvalue weighted by Crippen LogP contribution is -2.53. The minimum Gasteiger partial charge on any atom is -0.347 e. The molecule has 2 aliphatic rings. The highest BCUT2D eigenvalue weighted by atomic mass is 16.2. The molecule has 4 rings (SSSR count). The van der Waals surface area contributed by atoms with Crippen LogP contribution in [0.4, 0.5) is 5.69 Å². The number of hydrogen-bond donors (Lipinski definition) is 0. The van der Waals surface area contributed by atoms with Gasteiger partial charge in [-0.05, 0) is 70.4 Å². The lowest BCUT2D eigenvalue weighted by molar-refractivity contribution is -0.135. The van der Waals surface area contributed by atoms with Gasteiger partial charge in [-0.2, -0.15) is 0 Å². The number of rotatable bonds is 7. The lowest BCUT2D eigenvalue weighted by Gasteiger charge is -2.48. The third-order valence-electron chi connectivity index (χ3n) is 7.95. The van der Waals surface area contributed by atoms with E-state index in [1.807, 2.05) is 26.4 Å². The number of fused-ring (bicyclic) bond motifs is 1. The monoisotopic (exact) mass is 446 g/mol. The molecule has 0 N–H and O–H groups in total. The van der Waals surface area contributed by atoms with Crippen molar-refractivity contribution in [1.29, 1.82) is 0 Å². The van der Waals surface area contributed by atoms with E-state index in [2.05, 4.69) is 84.5 Å². The van der Waals surface area contributed by atoms with Gasteiger partial charge in [0.25, 0.3) is 0 Å². The van der Waals surface area contributed by atoms with Crippen LogP contribution in [-0.2, 0) is 10.3 Å². The Morgan fingerprint density at radius 2 is 1.61 bits per heavy atom. The Morgan fingerprint density at radius 1 is 0.970 bits per heavy atom. The van der Waals surface area contributed by atoms with Gasteiger partial charge >= 0.3 is 0 Å². The summed E-state index contributed by atoms with van der Waals surface area (Å²) in [5.41, 5.74) is 3.74. The molecule has 2 aromatic rings. The number of likely N-dealkylation sites (N-methyl/N-ethyl adjacent to an activating group) is 2. The van der Waals surface area contributed by atoms with Crippen molar-refractivity contribution in [2.24, 2.45) is 4.99 Å². The summed E-state index contributed by atoms with van der Waals surface area (Å²) in [7, 11) is 10.3. The van der Waals surface area contributed by atoms with E-state index in [1.54, 1.807) is 4.90 Å². The van der Waals surface area contributed by atoms with Gasteiger partial charge in [0.2, 0.25) is 5.91 Å². The molecule has 1 fully saturated rings. The summed E-state index contributed by atoms with van der Waals surface area (Å²) in [5, 5.41) is 0. The predicted octanol–water partition coefficient (Wildman–Crippen LogP) is 4.66. The van der Waals surface area contributed by atoms with Gasteiger partial charge in [0.05, 0.1) is 11.7 Å². The molecule has 1 heterocycles. The van der Waals surface area contributed by atoms with Gasteiger partial charge in [0.1, 0.15) is 0 Å². The van der Waals surface area contributed by atoms with E-state index in [-0.39, 0.29) is 23.4 Å². The van der Waals surface area contributed by atoms with Crippen LogP contribution in [-0.4, -0.2) is 74.1 Å². The highest BCUT2D eigenvalue weighted by molar-refractivity contribution is 5.85. The van der Waals surface area contributed by atoms with Crippen molar-refractivity contribution in [2.45, 2.75) is 55.6 Å². The van der Waals surface area contributed by atoms with Crippen molar-refractivity contribution in [3.63, 3.8) is 0 Å². The molecular formula is C28H38N4O. The maximum atomic E-state index is 13.3. The smallest absolute Gasteiger partial charge is 0.239 e. The maximum Gasteiger partial charge on any atom is 0.239 e. The van der Waals surface area contributed by atoms with Crippen molar-refractivity contribution >= 4 is 17.8 Å². The van der Waals surface area contributed by atoms with Crippen LogP contribution in [0.15, 0.2) is 59.6 Å². The summed E-state index contributed by atoms with van der Waals surface area (Å²) >= 11 is 0. The summed E-state index contributed by atoms with van der Waals surface area (Å²) in [6.07, 6.45) is 7.14. The first-order chi connectivity index (χ1) is 15.8. The number of carbonyl (C=O) groups excluding carboxylic acids is 1. The highest BCUT2D eigenvalue weighted by Gasteiger charge is 2.42. The van der Waals surface area contributed by atoms with E-state index < -0.39 is 0 Å². The van der Waals surface area contributed by atoms with Crippen LogP contribution >= 0.6 is 0 Å². The molecule has 0 bridgehead atoms. The lowest BCUT2D eigenvalue weighted by atomic mass is 9.73. The van der Waals surface area contributed by atoms with Crippen molar-refractivity contribution < 1.29 is 4.79 Å². The number of amides is 1. The van der Waals surface area contributed by atoms with E-state index in [0.29, 0.717) is 6.04 Å². The number of carbonyl (C=O) groups is 1. The first-order valence-corrected chi connectivity index (χ1v) is 12.1. The summed E-state index contributed by atoms with van der Waals surface area (Å²) in [5.74, 6) is 0.370. The minimum atomic E-state index is -0.156. The highest BCUT2D eigenvalue weighted by Crippen LogP contribution is 2.43. The molecule has 1 aliphatic carbocycles. The molecular weight excluding hydrogens is 408 g/mol. The molecule has 0 spiro atoms. The van der Waals surface area contributed by atoms with E-state index in [4.69, 9.17) is 0 Å². The van der Waals surface area contributed by atoms with Crippen molar-refractivity contribution in [1.82, 2.24) is 14.7 Å². The third-order valence-corrected chi connectivity index (χ3v) is 7.95. The Labute approximate surface area is 199 Å². The zero-order valence-electron chi connectivity index (χ0n) is 20.7. The van der Waals surface area contributed by atoms with E-state index in [9.17, 15) is 4.79 Å². The van der Waals surface area contributed by atoms with Gasteiger partial charge in [-0.15, -0.1) is 0 Å². The molecule has 176 valence electrons. The minimum absolute atomic E-state index is 0.0662. The molecule has 1 aliphatic heterocycles. The summed E-state index contributed by atoms with van der Waals surface area (Å²) in [6, 6.07) is 19.4. The van der Waals surface area contributed by atoms with E-state index in [0.717, 1.165) is 37.8 Å². The van der Waals surface area contributed by atoms with Crippen LogP contribution in [0.2, 0.25) is 0 Å². The van der Waals surface area contributed by atoms with Crippen molar-refractivity contribution in [3.8, 4) is 0 Å². The first kappa shape index (κ1) is 23.7. The molecule has 5 heteroatoms. The molecule has 2 aromatic carbocycles. The topological polar surface area (TPSA) is 39.2 Å². The molecule has 1 saturated carbocycles. The number of hydrogen-bond acceptors (Lipinski definition) is 4. The zero-order valence-corrected chi connectivity index (χ0v) is 20.7. The van der Waals surface area contributed by atoms with Crippen LogP contribution in [0.3, 0.4) is 0 Å². The fourth-order valence-electron chi connectivity index (χ4n) is 5.82. The quantitative estimate of drug-likeness (QED) is 0.621. The van der Waals surface area contributed by atoms with Crippen LogP contribution in [0, 0.1) is 0 Å². The Hall–Kier alpha value is -2.50. The van der Waals surface area contributed by atoms with Gasteiger partial charge in [-0.1, -0.05) is 48.5 Å². The van der Waals surface area contributed by atoms with Crippen LogP contribution in [0.1, 0.15) is 49.1 Å². The van der Waals surface area contributed by atoms with E-state index in [1.165, 1.54) is 11.1 Å². The number of para-hydroxylation sites is 1. The van der Waals surface area contributed by atoms with E-state index >= 15 is 0 Å². The molecule has 0 saturated heterocycles. The Bertz CT molecular complexity index is 976. The maximum absolute atomic E-state index is 13.3. The second kappa shape index (κ2) is 9.78. The summed E-state index contributed by atoms with van der Waals surface area (Å²) in [6.45, 7) is 0. The van der Waals surface area contributed by atoms with Gasteiger partial charge < -0.3 is 4.90 Å². The average molecular weight is 447 g/mol. The molecule has 33 heavy (non-hydrogen) atoms. The predicted molar refractivity (Wildman–Crippen MR) is 136 cm³/mol. The number of benzene rings is 2. The molecule has 0 aromatic heterocycles. The summed E-state index contributed by atoms with van der Waals surface area (Å²) in [4.78, 5) is 24.4. The SMILES string of the molecule is CN(C)C(=O)C(CC1C=Nc2ccccc21)N(C)C1CCC(c2ccccc2)(N(C)C)CC1. The van der Waals surface area contributed by atoms with Gasteiger partial charge in [0.15, 0.2) is 0 Å². The molecule has 0 radical (unpaired) electrons. The van der Waals surface area contributed by atoms with Crippen molar-refractivity contribution in [2.75, 3.05) is 35.2 Å². The fourth-order valence-corrected chi connectivity index (χ4v) is 5.82. The standard InChI is InChI=1S/C28H38N4O/c1-30(2)27(33)26(19-21-20-29-25-14-10-9-13-24(21)25)32(5)23-15-17-28(18-16-23,31(3)4)22-11-7-6-8-12-22/h6-14,20-21,23,26H,15-19H2,1-5H3. The first-order valence-electron chi connectivity index (χ1n) is 12.1. The summed E-state index contributed by atoms with van der Waals surface area (Å²) < 4.78 is 0. The Balaban J connectivity index is 1.51. The second-order valence-electron chi connectivity index (χ2n) is 10.1. The molecule has 5 nitrogen and oxygen atoms in total. The average Bonchev–Trinajstić information content (AvgIpc) is 3.25. The molecule has 1 amide bonds.